The number of Topliss-reactive ketones (excluding diaryl/α,β-unsaturated/α-hetero) is 1. The highest BCUT2D eigenvalue weighted by Gasteiger charge is 2.18. The van der Waals surface area contributed by atoms with Crippen LogP contribution in [0.2, 0.25) is 0 Å². The molecule has 3 nitrogen and oxygen atoms in total. The molecule has 64 valence electrons. The van der Waals surface area contributed by atoms with Crippen LogP contribution in [0.1, 0.15) is 20.8 Å². The van der Waals surface area contributed by atoms with Crippen LogP contribution in [0, 0.1) is 17.2 Å². The number of carbonyl (C=O) groups excluding carboxylic acids is 1. The molecule has 0 saturated heterocycles. The maximum Gasteiger partial charge on any atom is 0.166 e. The van der Waals surface area contributed by atoms with Crippen molar-refractivity contribution in [3.8, 4) is 0 Å². The zero-order chi connectivity index (χ0) is 9.02. The molecule has 0 radical (unpaired) electrons. The van der Waals surface area contributed by atoms with Crippen LogP contribution >= 0.6 is 0 Å². The van der Waals surface area contributed by atoms with Crippen molar-refractivity contribution in [2.75, 3.05) is 6.61 Å². The van der Waals surface area contributed by atoms with E-state index in [-0.39, 0.29) is 11.7 Å². The predicted molar refractivity (Wildman–Crippen MR) is 43.8 cm³/mol. The third-order valence-electron chi connectivity index (χ3n) is 1.73. The van der Waals surface area contributed by atoms with E-state index in [0.29, 0.717) is 5.71 Å². The van der Waals surface area contributed by atoms with Crippen molar-refractivity contribution in [1.29, 1.82) is 5.41 Å². The molecule has 0 aliphatic rings. The fourth-order valence-electron chi connectivity index (χ4n) is 0.810. The van der Waals surface area contributed by atoms with Gasteiger partial charge in [0.05, 0.1) is 5.92 Å². The average Bonchev–Trinajstić information content (AvgIpc) is 2.00. The van der Waals surface area contributed by atoms with Gasteiger partial charge >= 0.3 is 0 Å². The van der Waals surface area contributed by atoms with Crippen LogP contribution in [0.5, 0.6) is 0 Å². The lowest BCUT2D eigenvalue weighted by Crippen LogP contribution is -2.26. The Balaban J connectivity index is 4.13. The quantitative estimate of drug-likeness (QED) is 0.594. The minimum atomic E-state index is -0.462. The normalized spacial score (nSPS) is 13.2. The summed E-state index contributed by atoms with van der Waals surface area (Å²) in [7, 11) is 0. The first-order chi connectivity index (χ1) is 5.00. The zero-order valence-electron chi connectivity index (χ0n) is 7.22. The van der Waals surface area contributed by atoms with Crippen molar-refractivity contribution in [2.45, 2.75) is 20.8 Å². The first-order valence-electron chi connectivity index (χ1n) is 3.72. The molecule has 0 fully saturated rings. The number of aliphatic hydroxyl groups excluding tert-OH is 1. The number of hydrogen-bond donors (Lipinski definition) is 2. The summed E-state index contributed by atoms with van der Waals surface area (Å²) < 4.78 is 0. The van der Waals surface area contributed by atoms with E-state index >= 15 is 0 Å². The molecule has 0 heterocycles. The highest BCUT2D eigenvalue weighted by atomic mass is 16.3. The smallest absolute Gasteiger partial charge is 0.166 e. The molecular formula is C8H15NO2. The molecule has 0 aromatic carbocycles. The van der Waals surface area contributed by atoms with Gasteiger partial charge in [-0.15, -0.1) is 0 Å². The van der Waals surface area contributed by atoms with Gasteiger partial charge in [-0.05, 0) is 5.92 Å². The van der Waals surface area contributed by atoms with E-state index in [4.69, 9.17) is 10.5 Å². The Morgan fingerprint density at radius 2 is 1.91 bits per heavy atom. The van der Waals surface area contributed by atoms with Gasteiger partial charge in [0.15, 0.2) is 5.78 Å². The predicted octanol–water partition coefficient (Wildman–Crippen LogP) is 0.860. The molecule has 0 saturated carbocycles. The Morgan fingerprint density at radius 1 is 1.45 bits per heavy atom. The van der Waals surface area contributed by atoms with Crippen molar-refractivity contribution in [3.05, 3.63) is 0 Å². The van der Waals surface area contributed by atoms with Crippen LogP contribution in [0.25, 0.3) is 0 Å². The fourth-order valence-corrected chi connectivity index (χ4v) is 0.810. The molecule has 3 heteroatoms. The molecule has 0 aliphatic carbocycles. The van der Waals surface area contributed by atoms with Crippen LogP contribution < -0.4 is 0 Å². The largest absolute Gasteiger partial charge is 0.389 e. The van der Waals surface area contributed by atoms with Crippen molar-refractivity contribution in [1.82, 2.24) is 0 Å². The van der Waals surface area contributed by atoms with Crippen molar-refractivity contribution >= 4 is 11.5 Å². The van der Waals surface area contributed by atoms with Gasteiger partial charge in [0.25, 0.3) is 0 Å². The highest BCUT2D eigenvalue weighted by Crippen LogP contribution is 2.07. The average molecular weight is 157 g/mol. The van der Waals surface area contributed by atoms with Gasteiger partial charge in [-0.25, -0.2) is 0 Å². The Hall–Kier alpha value is -0.700. The minimum absolute atomic E-state index is 0.0838. The molecule has 0 bridgehead atoms. The van der Waals surface area contributed by atoms with Crippen molar-refractivity contribution < 1.29 is 9.90 Å². The molecule has 1 unspecified atom stereocenters. The van der Waals surface area contributed by atoms with Gasteiger partial charge in [-0.3, -0.25) is 4.79 Å². The third-order valence-corrected chi connectivity index (χ3v) is 1.73. The summed E-state index contributed by atoms with van der Waals surface area (Å²) in [5.41, 5.74) is 0.393. The number of nitrogens with one attached hydrogen (secondary N) is 1. The molecule has 0 aromatic heterocycles. The molecule has 11 heavy (non-hydrogen) atoms. The van der Waals surface area contributed by atoms with E-state index < -0.39 is 12.5 Å². The van der Waals surface area contributed by atoms with Gasteiger partial charge in [0, 0.05) is 5.71 Å². The second kappa shape index (κ2) is 4.23. The molecule has 0 aliphatic heterocycles. The monoisotopic (exact) mass is 157 g/mol. The summed E-state index contributed by atoms with van der Waals surface area (Å²) in [4.78, 5) is 10.9. The summed E-state index contributed by atoms with van der Waals surface area (Å²) >= 11 is 0. The fraction of sp³-hybridized carbons (Fsp3) is 0.750. The lowest BCUT2D eigenvalue weighted by molar-refractivity contribution is -0.123. The van der Waals surface area contributed by atoms with Gasteiger partial charge in [-0.1, -0.05) is 20.8 Å². The molecule has 0 spiro atoms. The van der Waals surface area contributed by atoms with E-state index in [0.717, 1.165) is 0 Å². The lowest BCUT2D eigenvalue weighted by atomic mass is 9.93. The van der Waals surface area contributed by atoms with Crippen LogP contribution in [-0.4, -0.2) is 23.2 Å². The summed E-state index contributed by atoms with van der Waals surface area (Å²) in [5.74, 6) is -0.621. The standard InChI is InChI=1S/C8H15NO2/c1-5(2)8(9)6(3)7(11)4-10/h5-6,9-10H,4H2,1-3H3. The van der Waals surface area contributed by atoms with E-state index in [1.165, 1.54) is 0 Å². The number of carbonyl (C=O) groups is 1. The summed E-state index contributed by atoms with van der Waals surface area (Å²) in [6.45, 7) is 4.92. The van der Waals surface area contributed by atoms with Crippen LogP contribution in [0.4, 0.5) is 0 Å². The summed E-state index contributed by atoms with van der Waals surface area (Å²) in [6.07, 6.45) is 0. The SMILES string of the molecule is CC(C)C(=N)C(C)C(=O)CO. The molecular weight excluding hydrogens is 142 g/mol. The number of hydrogen-bond acceptors (Lipinski definition) is 3. The van der Waals surface area contributed by atoms with Crippen LogP contribution in [0.15, 0.2) is 0 Å². The van der Waals surface area contributed by atoms with E-state index in [1.807, 2.05) is 13.8 Å². The highest BCUT2D eigenvalue weighted by molar-refractivity contribution is 6.04. The topological polar surface area (TPSA) is 61.2 Å². The van der Waals surface area contributed by atoms with Crippen molar-refractivity contribution in [3.63, 3.8) is 0 Å². The first kappa shape index (κ1) is 10.3. The first-order valence-corrected chi connectivity index (χ1v) is 3.72. The Labute approximate surface area is 66.9 Å². The van der Waals surface area contributed by atoms with Gasteiger partial charge in [0.2, 0.25) is 0 Å². The summed E-state index contributed by atoms with van der Waals surface area (Å²) in [5, 5.41) is 15.9. The summed E-state index contributed by atoms with van der Waals surface area (Å²) in [6, 6.07) is 0. The van der Waals surface area contributed by atoms with Crippen LogP contribution in [-0.2, 0) is 4.79 Å². The number of aliphatic hydroxyl groups is 1. The number of ketones is 1. The van der Waals surface area contributed by atoms with E-state index in [9.17, 15) is 4.79 Å². The lowest BCUT2D eigenvalue weighted by Gasteiger charge is -2.13. The van der Waals surface area contributed by atoms with Gasteiger partial charge in [-0.2, -0.15) is 0 Å². The minimum Gasteiger partial charge on any atom is -0.389 e. The maximum absolute atomic E-state index is 10.9. The molecule has 0 amide bonds. The second-order valence-corrected chi connectivity index (χ2v) is 2.96. The zero-order valence-corrected chi connectivity index (χ0v) is 7.22. The molecule has 2 N–H and O–H groups in total. The Bertz CT molecular complexity index is 163. The molecule has 0 rings (SSSR count). The van der Waals surface area contributed by atoms with Gasteiger partial charge < -0.3 is 10.5 Å². The Morgan fingerprint density at radius 3 is 2.18 bits per heavy atom. The van der Waals surface area contributed by atoms with E-state index in [1.54, 1.807) is 6.92 Å². The Kier molecular flexibility index (Phi) is 3.97. The second-order valence-electron chi connectivity index (χ2n) is 2.96. The molecule has 1 atom stereocenters. The maximum atomic E-state index is 10.9. The molecule has 0 aromatic rings. The third kappa shape index (κ3) is 2.80. The number of rotatable bonds is 4. The van der Waals surface area contributed by atoms with Gasteiger partial charge in [0.1, 0.15) is 6.61 Å². The van der Waals surface area contributed by atoms with E-state index in [2.05, 4.69) is 0 Å². The van der Waals surface area contributed by atoms with Crippen LogP contribution in [0.3, 0.4) is 0 Å². The van der Waals surface area contributed by atoms with Crippen molar-refractivity contribution in [2.24, 2.45) is 11.8 Å².